The lowest BCUT2D eigenvalue weighted by Crippen LogP contribution is -2.40. The Balaban J connectivity index is 2.87. The van der Waals surface area contributed by atoms with Crippen molar-refractivity contribution in [3.8, 4) is 6.07 Å². The van der Waals surface area contributed by atoms with Gasteiger partial charge in [0.1, 0.15) is 6.04 Å². The molecule has 1 aliphatic heterocycles. The van der Waals surface area contributed by atoms with Gasteiger partial charge in [-0.05, 0) is 18.8 Å². The summed E-state index contributed by atoms with van der Waals surface area (Å²) in [5, 5.41) is 8.97. The number of carbonyl (C=O) groups excluding carboxylic acids is 1. The van der Waals surface area contributed by atoms with Crippen molar-refractivity contribution in [1.29, 1.82) is 5.26 Å². The molecule has 0 aromatic carbocycles. The maximum Gasteiger partial charge on any atom is 0.220 e. The van der Waals surface area contributed by atoms with Crippen molar-refractivity contribution in [3.05, 3.63) is 0 Å². The maximum absolute atomic E-state index is 11.4. The van der Waals surface area contributed by atoms with E-state index < -0.39 is 0 Å². The molecule has 3 nitrogen and oxygen atoms in total. The summed E-state index contributed by atoms with van der Waals surface area (Å²) in [6.45, 7) is 5.78. The second kappa shape index (κ2) is 4.45. The monoisotopic (exact) mass is 194 g/mol. The molecule has 1 amide bonds. The second-order valence-corrected chi connectivity index (χ2v) is 3.95. The minimum Gasteiger partial charge on any atom is -0.324 e. The molecule has 0 unspecified atom stereocenters. The fourth-order valence-electron chi connectivity index (χ4n) is 2.55. The second-order valence-electron chi connectivity index (χ2n) is 3.95. The average Bonchev–Trinajstić information content (AvgIpc) is 2.54. The van der Waals surface area contributed by atoms with Crippen LogP contribution in [0.4, 0.5) is 0 Å². The molecule has 0 N–H and O–H groups in total. The van der Waals surface area contributed by atoms with Gasteiger partial charge in [-0.1, -0.05) is 20.3 Å². The summed E-state index contributed by atoms with van der Waals surface area (Å²) in [5.74, 6) is 0.549. The van der Waals surface area contributed by atoms with Crippen LogP contribution in [0.1, 0.15) is 40.0 Å². The molecule has 14 heavy (non-hydrogen) atoms. The molecule has 1 rings (SSSR count). The minimum atomic E-state index is -0.192. The maximum atomic E-state index is 11.4. The number of likely N-dealkylation sites (tertiary alicyclic amines) is 1. The predicted molar refractivity (Wildman–Crippen MR) is 54.4 cm³/mol. The molecule has 1 heterocycles. The van der Waals surface area contributed by atoms with Crippen molar-refractivity contribution in [2.75, 3.05) is 0 Å². The molecule has 0 aromatic rings. The van der Waals surface area contributed by atoms with E-state index in [0.29, 0.717) is 5.92 Å². The van der Waals surface area contributed by atoms with Gasteiger partial charge in [-0.25, -0.2) is 0 Å². The molecule has 0 saturated carbocycles. The van der Waals surface area contributed by atoms with E-state index in [4.69, 9.17) is 5.26 Å². The molecule has 0 spiro atoms. The SMILES string of the molecule is CC[C@H]1C[C@H](C#N)N(C(C)=O)[C@H]1CC. The number of nitrogens with zero attached hydrogens (tertiary/aromatic N) is 2. The summed E-state index contributed by atoms with van der Waals surface area (Å²) < 4.78 is 0. The Morgan fingerprint density at radius 1 is 1.50 bits per heavy atom. The van der Waals surface area contributed by atoms with E-state index in [1.54, 1.807) is 11.8 Å². The molecular formula is C11H18N2O. The molecule has 0 aromatic heterocycles. The molecule has 1 fully saturated rings. The molecule has 3 atom stereocenters. The summed E-state index contributed by atoms with van der Waals surface area (Å²) in [4.78, 5) is 13.2. The fourth-order valence-corrected chi connectivity index (χ4v) is 2.55. The van der Waals surface area contributed by atoms with Gasteiger partial charge in [-0.3, -0.25) is 4.79 Å². The summed E-state index contributed by atoms with van der Waals surface area (Å²) in [7, 11) is 0. The topological polar surface area (TPSA) is 44.1 Å². The molecule has 78 valence electrons. The molecule has 0 bridgehead atoms. The quantitative estimate of drug-likeness (QED) is 0.674. The first-order valence-electron chi connectivity index (χ1n) is 5.34. The Kier molecular flexibility index (Phi) is 3.51. The Hall–Kier alpha value is -1.04. The lowest BCUT2D eigenvalue weighted by molar-refractivity contribution is -0.131. The van der Waals surface area contributed by atoms with Crippen molar-refractivity contribution in [2.24, 2.45) is 5.92 Å². The summed E-state index contributed by atoms with van der Waals surface area (Å²) in [6, 6.07) is 2.32. The van der Waals surface area contributed by atoms with Gasteiger partial charge in [-0.15, -0.1) is 0 Å². The largest absolute Gasteiger partial charge is 0.324 e. The molecular weight excluding hydrogens is 176 g/mol. The molecule has 3 heteroatoms. The lowest BCUT2D eigenvalue weighted by Gasteiger charge is -2.27. The van der Waals surface area contributed by atoms with Crippen molar-refractivity contribution < 1.29 is 4.79 Å². The van der Waals surface area contributed by atoms with Crippen LogP contribution in [0.2, 0.25) is 0 Å². The predicted octanol–water partition coefficient (Wildman–Crippen LogP) is 1.94. The van der Waals surface area contributed by atoms with Crippen molar-refractivity contribution in [3.63, 3.8) is 0 Å². The Labute approximate surface area is 85.7 Å². The zero-order chi connectivity index (χ0) is 10.7. The smallest absolute Gasteiger partial charge is 0.220 e. The van der Waals surface area contributed by atoms with Gasteiger partial charge < -0.3 is 4.90 Å². The van der Waals surface area contributed by atoms with Gasteiger partial charge in [-0.2, -0.15) is 5.26 Å². The number of amides is 1. The van der Waals surface area contributed by atoms with E-state index >= 15 is 0 Å². The standard InChI is InChI=1S/C11H18N2O/c1-4-9-6-10(7-12)13(8(3)14)11(9)5-2/h9-11H,4-6H2,1-3H3/t9-,10+,11-/m0/s1. The Bertz CT molecular complexity index is 257. The molecule has 0 aliphatic carbocycles. The van der Waals surface area contributed by atoms with Crippen LogP contribution in [0.25, 0.3) is 0 Å². The highest BCUT2D eigenvalue weighted by Crippen LogP contribution is 2.33. The van der Waals surface area contributed by atoms with Crippen molar-refractivity contribution in [2.45, 2.75) is 52.1 Å². The van der Waals surface area contributed by atoms with E-state index in [2.05, 4.69) is 19.9 Å². The third-order valence-electron chi connectivity index (χ3n) is 3.22. The van der Waals surface area contributed by atoms with Crippen LogP contribution < -0.4 is 0 Å². The summed E-state index contributed by atoms with van der Waals surface area (Å²) >= 11 is 0. The molecule has 0 radical (unpaired) electrons. The van der Waals surface area contributed by atoms with E-state index in [1.807, 2.05) is 0 Å². The van der Waals surface area contributed by atoms with Gasteiger partial charge >= 0.3 is 0 Å². The molecule has 1 saturated heterocycles. The van der Waals surface area contributed by atoms with Crippen LogP contribution in [-0.2, 0) is 4.79 Å². The highest BCUT2D eigenvalue weighted by molar-refractivity contribution is 5.74. The number of rotatable bonds is 2. The van der Waals surface area contributed by atoms with Crippen LogP contribution in [0.15, 0.2) is 0 Å². The molecule has 1 aliphatic rings. The first-order chi connectivity index (χ1) is 6.65. The summed E-state index contributed by atoms with van der Waals surface area (Å²) in [5.41, 5.74) is 0. The summed E-state index contributed by atoms with van der Waals surface area (Å²) in [6.07, 6.45) is 2.86. The van der Waals surface area contributed by atoms with Gasteiger partial charge in [0, 0.05) is 13.0 Å². The zero-order valence-electron chi connectivity index (χ0n) is 9.16. The van der Waals surface area contributed by atoms with Gasteiger partial charge in [0.25, 0.3) is 0 Å². The number of hydrogen-bond donors (Lipinski definition) is 0. The number of hydrogen-bond acceptors (Lipinski definition) is 2. The van der Waals surface area contributed by atoms with Crippen LogP contribution in [-0.4, -0.2) is 22.9 Å². The van der Waals surface area contributed by atoms with Crippen LogP contribution in [0, 0.1) is 17.2 Å². The van der Waals surface area contributed by atoms with E-state index in [9.17, 15) is 4.79 Å². The van der Waals surface area contributed by atoms with Crippen LogP contribution in [0.5, 0.6) is 0 Å². The lowest BCUT2D eigenvalue weighted by atomic mass is 9.95. The minimum absolute atomic E-state index is 0.0411. The first-order valence-corrected chi connectivity index (χ1v) is 5.34. The van der Waals surface area contributed by atoms with Crippen molar-refractivity contribution in [1.82, 2.24) is 4.90 Å². The number of nitriles is 1. The normalized spacial score (nSPS) is 31.6. The van der Waals surface area contributed by atoms with E-state index in [0.717, 1.165) is 19.3 Å². The van der Waals surface area contributed by atoms with Crippen LogP contribution in [0.3, 0.4) is 0 Å². The average molecular weight is 194 g/mol. The third-order valence-corrected chi connectivity index (χ3v) is 3.22. The third kappa shape index (κ3) is 1.75. The fraction of sp³-hybridized carbons (Fsp3) is 0.818. The zero-order valence-corrected chi connectivity index (χ0v) is 9.16. The van der Waals surface area contributed by atoms with Gasteiger partial charge in [0.15, 0.2) is 0 Å². The van der Waals surface area contributed by atoms with E-state index in [-0.39, 0.29) is 18.0 Å². The number of carbonyl (C=O) groups is 1. The van der Waals surface area contributed by atoms with Crippen molar-refractivity contribution >= 4 is 5.91 Å². The van der Waals surface area contributed by atoms with Crippen LogP contribution >= 0.6 is 0 Å². The van der Waals surface area contributed by atoms with E-state index in [1.165, 1.54) is 0 Å². The van der Waals surface area contributed by atoms with Gasteiger partial charge in [0.2, 0.25) is 5.91 Å². The highest BCUT2D eigenvalue weighted by Gasteiger charge is 2.40. The Morgan fingerprint density at radius 3 is 2.50 bits per heavy atom. The Morgan fingerprint density at radius 2 is 2.14 bits per heavy atom. The highest BCUT2D eigenvalue weighted by atomic mass is 16.2. The first kappa shape index (κ1) is 11.0. The van der Waals surface area contributed by atoms with Gasteiger partial charge in [0.05, 0.1) is 6.07 Å².